The van der Waals surface area contributed by atoms with Gasteiger partial charge in [-0.05, 0) is 33.2 Å². The second-order valence-corrected chi connectivity index (χ2v) is 8.53. The zero-order valence-electron chi connectivity index (χ0n) is 17.1. The van der Waals surface area contributed by atoms with Crippen molar-refractivity contribution in [1.82, 2.24) is 19.9 Å². The highest BCUT2D eigenvalue weighted by Gasteiger charge is 2.36. The minimum absolute atomic E-state index is 0.123. The Bertz CT molecular complexity index is 815. The summed E-state index contributed by atoms with van der Waals surface area (Å²) in [6, 6.07) is 0.346. The number of hydrogen-bond acceptors (Lipinski definition) is 7. The third kappa shape index (κ3) is 5.16. The van der Waals surface area contributed by atoms with E-state index in [4.69, 9.17) is 0 Å². The van der Waals surface area contributed by atoms with Crippen molar-refractivity contribution < 1.29 is 13.2 Å². The van der Waals surface area contributed by atoms with Gasteiger partial charge in [0.15, 0.2) is 5.13 Å². The van der Waals surface area contributed by atoms with Crippen LogP contribution in [0.2, 0.25) is 0 Å². The molecule has 1 aliphatic heterocycles. The van der Waals surface area contributed by atoms with Crippen LogP contribution >= 0.6 is 11.3 Å². The highest BCUT2D eigenvalue weighted by Crippen LogP contribution is 2.39. The van der Waals surface area contributed by atoms with E-state index in [0.29, 0.717) is 10.0 Å². The summed E-state index contributed by atoms with van der Waals surface area (Å²) in [6.07, 6.45) is -0.374. The molecule has 2 aromatic heterocycles. The summed E-state index contributed by atoms with van der Waals surface area (Å²) in [5.74, 6) is 0.232. The summed E-state index contributed by atoms with van der Waals surface area (Å²) in [5.41, 5.74) is -0.965. The molecular formula is C19H27F3N6S. The van der Waals surface area contributed by atoms with Gasteiger partial charge in [-0.2, -0.15) is 13.2 Å². The quantitative estimate of drug-likeness (QED) is 0.738. The van der Waals surface area contributed by atoms with E-state index in [1.54, 1.807) is 0 Å². The Balaban J connectivity index is 1.87. The summed E-state index contributed by atoms with van der Waals surface area (Å²) in [6.45, 7) is 9.05. The van der Waals surface area contributed by atoms with E-state index < -0.39 is 11.7 Å². The van der Waals surface area contributed by atoms with Gasteiger partial charge in [-0.3, -0.25) is 0 Å². The van der Waals surface area contributed by atoms with Crippen LogP contribution in [0, 0.1) is 0 Å². The number of hydrogen-bond donors (Lipinski definition) is 1. The summed E-state index contributed by atoms with van der Waals surface area (Å²) in [7, 11) is 1.87. The van der Waals surface area contributed by atoms with E-state index in [1.165, 1.54) is 17.5 Å². The summed E-state index contributed by atoms with van der Waals surface area (Å²) in [4.78, 5) is 17.1. The Labute approximate surface area is 173 Å². The Kier molecular flexibility index (Phi) is 6.62. The zero-order valence-corrected chi connectivity index (χ0v) is 17.9. The van der Waals surface area contributed by atoms with Gasteiger partial charge < -0.3 is 15.1 Å². The number of piperidine rings is 1. The van der Waals surface area contributed by atoms with E-state index in [1.807, 2.05) is 25.8 Å². The van der Waals surface area contributed by atoms with Crippen LogP contribution in [-0.2, 0) is 6.18 Å². The Morgan fingerprint density at radius 2 is 1.93 bits per heavy atom. The first-order valence-electron chi connectivity index (χ1n) is 9.81. The number of aromatic nitrogens is 3. The zero-order chi connectivity index (χ0) is 21.2. The van der Waals surface area contributed by atoms with Crippen molar-refractivity contribution in [2.24, 2.45) is 0 Å². The molecule has 160 valence electrons. The van der Waals surface area contributed by atoms with Gasteiger partial charge in [-0.25, -0.2) is 15.0 Å². The van der Waals surface area contributed by atoms with E-state index in [0.717, 1.165) is 38.7 Å². The minimum Gasteiger partial charge on any atom is -0.351 e. The molecule has 1 N–H and O–H groups in total. The molecule has 2 aromatic rings. The van der Waals surface area contributed by atoms with Gasteiger partial charge in [-0.1, -0.05) is 18.3 Å². The van der Waals surface area contributed by atoms with E-state index in [2.05, 4.69) is 32.1 Å². The third-order valence-electron chi connectivity index (χ3n) is 5.27. The molecule has 6 nitrogen and oxygen atoms in total. The predicted molar refractivity (Wildman–Crippen MR) is 110 cm³/mol. The SMILES string of the molecule is CCN1CCC(Nc2ncc(C(F)(F)F)c(-c3cnc(N(C)C(C)C)s3)n2)CC1. The maximum absolute atomic E-state index is 13.6. The van der Waals surface area contributed by atoms with Crippen molar-refractivity contribution in [2.75, 3.05) is 36.9 Å². The molecule has 3 rings (SSSR count). The number of halogens is 3. The van der Waals surface area contributed by atoms with Crippen molar-refractivity contribution >= 4 is 22.4 Å². The molecule has 1 saturated heterocycles. The number of nitrogens with zero attached hydrogens (tertiary/aromatic N) is 5. The van der Waals surface area contributed by atoms with Crippen molar-refractivity contribution in [2.45, 2.75) is 51.9 Å². The van der Waals surface area contributed by atoms with E-state index in [9.17, 15) is 13.2 Å². The molecule has 0 saturated carbocycles. The first-order valence-corrected chi connectivity index (χ1v) is 10.6. The topological polar surface area (TPSA) is 57.2 Å². The molecule has 3 heterocycles. The second-order valence-electron chi connectivity index (χ2n) is 7.52. The number of rotatable bonds is 6. The average Bonchev–Trinajstić information content (AvgIpc) is 3.17. The van der Waals surface area contributed by atoms with Gasteiger partial charge in [0.05, 0.1) is 10.6 Å². The molecule has 0 aliphatic carbocycles. The summed E-state index contributed by atoms with van der Waals surface area (Å²) >= 11 is 1.20. The van der Waals surface area contributed by atoms with Gasteiger partial charge in [0, 0.05) is 44.6 Å². The molecule has 1 fully saturated rings. The predicted octanol–water partition coefficient (Wildman–Crippen LogP) is 4.36. The molecule has 0 bridgehead atoms. The lowest BCUT2D eigenvalue weighted by Gasteiger charge is -2.31. The van der Waals surface area contributed by atoms with Crippen molar-refractivity contribution in [3.63, 3.8) is 0 Å². The lowest BCUT2D eigenvalue weighted by molar-refractivity contribution is -0.137. The molecule has 0 atom stereocenters. The van der Waals surface area contributed by atoms with Gasteiger partial charge in [0.1, 0.15) is 5.56 Å². The largest absolute Gasteiger partial charge is 0.420 e. The third-order valence-corrected chi connectivity index (χ3v) is 6.36. The van der Waals surface area contributed by atoms with Crippen LogP contribution in [0.5, 0.6) is 0 Å². The van der Waals surface area contributed by atoms with E-state index >= 15 is 0 Å². The molecule has 29 heavy (non-hydrogen) atoms. The number of likely N-dealkylation sites (tertiary alicyclic amines) is 1. The van der Waals surface area contributed by atoms with Crippen LogP contribution in [0.15, 0.2) is 12.4 Å². The van der Waals surface area contributed by atoms with Crippen LogP contribution in [0.25, 0.3) is 10.6 Å². The van der Waals surface area contributed by atoms with E-state index in [-0.39, 0.29) is 23.7 Å². The Morgan fingerprint density at radius 3 is 2.52 bits per heavy atom. The maximum atomic E-state index is 13.6. The van der Waals surface area contributed by atoms with Crippen LogP contribution in [-0.4, -0.2) is 58.6 Å². The van der Waals surface area contributed by atoms with Gasteiger partial charge >= 0.3 is 6.18 Å². The van der Waals surface area contributed by atoms with Crippen molar-refractivity contribution in [3.05, 3.63) is 18.0 Å². The smallest absolute Gasteiger partial charge is 0.351 e. The van der Waals surface area contributed by atoms with Crippen LogP contribution in [0.1, 0.15) is 39.2 Å². The first-order chi connectivity index (χ1) is 13.7. The number of thiazole rings is 1. The molecule has 1 aliphatic rings. The highest BCUT2D eigenvalue weighted by molar-refractivity contribution is 7.18. The molecule has 10 heteroatoms. The van der Waals surface area contributed by atoms with Crippen LogP contribution < -0.4 is 10.2 Å². The highest BCUT2D eigenvalue weighted by atomic mass is 32.1. The van der Waals surface area contributed by atoms with Crippen LogP contribution in [0.3, 0.4) is 0 Å². The molecule has 0 radical (unpaired) electrons. The van der Waals surface area contributed by atoms with Crippen molar-refractivity contribution in [3.8, 4) is 10.6 Å². The van der Waals surface area contributed by atoms with Gasteiger partial charge in [-0.15, -0.1) is 0 Å². The standard InChI is InChI=1S/C19H27F3N6S/c1-5-28-8-6-13(7-9-28)25-17-23-10-14(19(20,21)22)16(26-17)15-11-24-18(29-15)27(4)12(2)3/h10-13H,5-9H2,1-4H3,(H,23,25,26). The molecule has 0 unspecified atom stereocenters. The number of alkyl halides is 3. The summed E-state index contributed by atoms with van der Waals surface area (Å²) < 4.78 is 40.7. The lowest BCUT2D eigenvalue weighted by Crippen LogP contribution is -2.39. The lowest BCUT2D eigenvalue weighted by atomic mass is 10.1. The number of nitrogens with one attached hydrogen (secondary N) is 1. The molecule has 0 spiro atoms. The molecular weight excluding hydrogens is 401 g/mol. The Hall–Kier alpha value is -1.94. The fourth-order valence-electron chi connectivity index (χ4n) is 3.18. The van der Waals surface area contributed by atoms with Gasteiger partial charge in [0.25, 0.3) is 0 Å². The first kappa shape index (κ1) is 21.8. The number of anilines is 2. The summed E-state index contributed by atoms with van der Waals surface area (Å²) in [5, 5.41) is 3.88. The Morgan fingerprint density at radius 1 is 1.24 bits per heavy atom. The molecule has 0 aromatic carbocycles. The monoisotopic (exact) mass is 428 g/mol. The van der Waals surface area contributed by atoms with Crippen molar-refractivity contribution in [1.29, 1.82) is 0 Å². The minimum atomic E-state index is -4.53. The molecule has 0 amide bonds. The normalized spacial score (nSPS) is 16.4. The fraction of sp³-hybridized carbons (Fsp3) is 0.632. The van der Waals surface area contributed by atoms with Crippen LogP contribution in [0.4, 0.5) is 24.3 Å². The van der Waals surface area contributed by atoms with Gasteiger partial charge in [0.2, 0.25) is 5.95 Å². The average molecular weight is 429 g/mol. The fourth-order valence-corrected chi connectivity index (χ4v) is 4.20. The maximum Gasteiger partial charge on any atom is 0.420 e. The second kappa shape index (κ2) is 8.83.